The summed E-state index contributed by atoms with van der Waals surface area (Å²) in [6.45, 7) is 1.40. The molecular weight excluding hydrogens is 384 g/mol. The highest BCUT2D eigenvalue weighted by molar-refractivity contribution is 6.02. The summed E-state index contributed by atoms with van der Waals surface area (Å²) in [5, 5.41) is 2.78. The van der Waals surface area contributed by atoms with Gasteiger partial charge in [0.05, 0.1) is 32.0 Å². The van der Waals surface area contributed by atoms with Gasteiger partial charge in [-0.05, 0) is 49.2 Å². The first-order valence-corrected chi connectivity index (χ1v) is 9.71. The molecular formula is C22H26N4O4. The summed E-state index contributed by atoms with van der Waals surface area (Å²) in [4.78, 5) is 30.2. The van der Waals surface area contributed by atoms with E-state index >= 15 is 0 Å². The molecule has 30 heavy (non-hydrogen) atoms. The van der Waals surface area contributed by atoms with Gasteiger partial charge in [0.15, 0.2) is 0 Å². The lowest BCUT2D eigenvalue weighted by molar-refractivity contribution is -0.122. The number of nitrogens with one attached hydrogen (secondary N) is 1. The predicted octanol–water partition coefficient (Wildman–Crippen LogP) is 2.45. The molecule has 1 unspecified atom stereocenters. The number of carbonyl (C=O) groups is 2. The quantitative estimate of drug-likeness (QED) is 0.679. The third-order valence-electron chi connectivity index (χ3n) is 5.01. The zero-order valence-corrected chi connectivity index (χ0v) is 17.1. The van der Waals surface area contributed by atoms with Crippen molar-refractivity contribution in [3.8, 4) is 11.5 Å². The van der Waals surface area contributed by atoms with Crippen LogP contribution in [-0.2, 0) is 9.59 Å². The van der Waals surface area contributed by atoms with Gasteiger partial charge in [0, 0.05) is 24.7 Å². The molecule has 1 aromatic carbocycles. The number of nitrogens with zero attached hydrogens (tertiary/aromatic N) is 2. The van der Waals surface area contributed by atoms with E-state index in [1.54, 1.807) is 50.8 Å². The van der Waals surface area contributed by atoms with E-state index in [1.165, 1.54) is 6.08 Å². The average Bonchev–Trinajstić information content (AvgIpc) is 2.78. The number of methoxy groups -OCH3 is 2. The number of benzene rings is 1. The molecule has 8 nitrogen and oxygen atoms in total. The first-order valence-electron chi connectivity index (χ1n) is 9.71. The predicted molar refractivity (Wildman–Crippen MR) is 116 cm³/mol. The number of aromatic nitrogens is 1. The van der Waals surface area contributed by atoms with Crippen molar-refractivity contribution in [2.45, 2.75) is 12.8 Å². The third kappa shape index (κ3) is 5.28. The van der Waals surface area contributed by atoms with E-state index in [0.717, 1.165) is 30.8 Å². The Kier molecular flexibility index (Phi) is 6.90. The summed E-state index contributed by atoms with van der Waals surface area (Å²) in [5.74, 6) is 1.35. The van der Waals surface area contributed by atoms with E-state index in [9.17, 15) is 9.59 Å². The zero-order chi connectivity index (χ0) is 21.5. The average molecular weight is 410 g/mol. The van der Waals surface area contributed by atoms with Gasteiger partial charge in [-0.2, -0.15) is 0 Å². The van der Waals surface area contributed by atoms with Gasteiger partial charge in [-0.3, -0.25) is 9.59 Å². The van der Waals surface area contributed by atoms with Gasteiger partial charge in [-0.1, -0.05) is 0 Å². The Morgan fingerprint density at radius 1 is 1.23 bits per heavy atom. The lowest BCUT2D eigenvalue weighted by Gasteiger charge is -2.32. The first kappa shape index (κ1) is 21.2. The van der Waals surface area contributed by atoms with Gasteiger partial charge >= 0.3 is 0 Å². The van der Waals surface area contributed by atoms with Crippen LogP contribution in [0.15, 0.2) is 42.6 Å². The van der Waals surface area contributed by atoms with E-state index in [-0.39, 0.29) is 17.7 Å². The van der Waals surface area contributed by atoms with Crippen LogP contribution in [-0.4, -0.2) is 44.1 Å². The molecule has 2 aromatic rings. The Hall–Kier alpha value is -3.55. The topological polar surface area (TPSA) is 107 Å². The summed E-state index contributed by atoms with van der Waals surface area (Å²) in [6, 6.07) is 8.97. The molecule has 2 amide bonds. The summed E-state index contributed by atoms with van der Waals surface area (Å²) < 4.78 is 10.5. The van der Waals surface area contributed by atoms with Crippen molar-refractivity contribution in [3.05, 3.63) is 48.2 Å². The fourth-order valence-electron chi connectivity index (χ4n) is 3.38. The molecule has 1 atom stereocenters. The summed E-state index contributed by atoms with van der Waals surface area (Å²) in [5.41, 5.74) is 6.75. The molecule has 3 N–H and O–H groups in total. The lowest BCUT2D eigenvalue weighted by Crippen LogP contribution is -2.41. The molecule has 0 saturated carbocycles. The Morgan fingerprint density at radius 3 is 2.73 bits per heavy atom. The number of carbonyl (C=O) groups excluding carboxylic acids is 2. The highest BCUT2D eigenvalue weighted by atomic mass is 16.5. The maximum Gasteiger partial charge on any atom is 0.248 e. The molecule has 158 valence electrons. The van der Waals surface area contributed by atoms with E-state index in [2.05, 4.69) is 10.3 Å². The van der Waals surface area contributed by atoms with Crippen LogP contribution in [0.2, 0.25) is 0 Å². The highest BCUT2D eigenvalue weighted by Crippen LogP contribution is 2.25. The first-order chi connectivity index (χ1) is 14.5. The monoisotopic (exact) mass is 410 g/mol. The normalized spacial score (nSPS) is 16.3. The van der Waals surface area contributed by atoms with Crippen LogP contribution >= 0.6 is 0 Å². The van der Waals surface area contributed by atoms with Crippen LogP contribution in [0.4, 0.5) is 11.5 Å². The maximum atomic E-state index is 12.3. The molecule has 1 fully saturated rings. The number of rotatable bonds is 7. The van der Waals surface area contributed by atoms with Gasteiger partial charge < -0.3 is 25.4 Å². The number of anilines is 2. The van der Waals surface area contributed by atoms with Crippen LogP contribution in [0.5, 0.6) is 11.5 Å². The van der Waals surface area contributed by atoms with Gasteiger partial charge in [0.25, 0.3) is 0 Å². The third-order valence-corrected chi connectivity index (χ3v) is 5.01. The number of primary amides is 1. The fourth-order valence-corrected chi connectivity index (χ4v) is 3.38. The van der Waals surface area contributed by atoms with Crippen LogP contribution in [0.3, 0.4) is 0 Å². The number of amides is 2. The standard InChI is InChI=1S/C22H26N4O4/c1-29-18-7-8-19(30-2)15(12-18)5-10-21(27)25-17-6-9-20(24-13-17)26-11-3-4-16(14-26)22(23)28/h5-10,12-13,16H,3-4,11,14H2,1-2H3,(H2,23,28)(H,25,27)/b10-5+. The SMILES string of the molecule is COc1ccc(OC)c(/C=C/C(=O)Nc2ccc(N3CCCC(C(N)=O)C3)nc2)c1. The molecule has 8 heteroatoms. The lowest BCUT2D eigenvalue weighted by atomic mass is 9.97. The van der Waals surface area contributed by atoms with Crippen molar-refractivity contribution in [2.75, 3.05) is 37.5 Å². The Labute approximate surface area is 175 Å². The van der Waals surface area contributed by atoms with Gasteiger partial charge in [-0.15, -0.1) is 0 Å². The second-order valence-corrected chi connectivity index (χ2v) is 7.02. The largest absolute Gasteiger partial charge is 0.497 e. The van der Waals surface area contributed by atoms with Gasteiger partial charge in [-0.25, -0.2) is 4.98 Å². The number of hydrogen-bond donors (Lipinski definition) is 2. The fraction of sp³-hybridized carbons (Fsp3) is 0.318. The van der Waals surface area contributed by atoms with Gasteiger partial charge in [0.2, 0.25) is 11.8 Å². The Balaban J connectivity index is 1.62. The Morgan fingerprint density at radius 2 is 2.07 bits per heavy atom. The smallest absolute Gasteiger partial charge is 0.248 e. The van der Waals surface area contributed by atoms with Crippen LogP contribution in [0, 0.1) is 5.92 Å². The van der Waals surface area contributed by atoms with E-state index < -0.39 is 0 Å². The van der Waals surface area contributed by atoms with E-state index in [1.807, 2.05) is 11.0 Å². The molecule has 3 rings (SSSR count). The molecule has 1 aliphatic heterocycles. The number of nitrogens with two attached hydrogens (primary N) is 1. The second kappa shape index (κ2) is 9.78. The minimum Gasteiger partial charge on any atom is -0.497 e. The zero-order valence-electron chi connectivity index (χ0n) is 17.1. The Bertz CT molecular complexity index is 927. The van der Waals surface area contributed by atoms with Crippen molar-refractivity contribution >= 4 is 29.4 Å². The number of hydrogen-bond acceptors (Lipinski definition) is 6. The van der Waals surface area contributed by atoms with Crippen LogP contribution in [0.25, 0.3) is 6.08 Å². The second-order valence-electron chi connectivity index (χ2n) is 7.02. The molecule has 1 aromatic heterocycles. The van der Waals surface area contributed by atoms with Crippen LogP contribution < -0.4 is 25.4 Å². The number of piperidine rings is 1. The molecule has 0 bridgehead atoms. The van der Waals surface area contributed by atoms with Gasteiger partial charge in [0.1, 0.15) is 17.3 Å². The minimum absolute atomic E-state index is 0.154. The van der Waals surface area contributed by atoms with E-state index in [0.29, 0.717) is 23.7 Å². The molecule has 2 heterocycles. The number of pyridine rings is 1. The number of ether oxygens (including phenoxy) is 2. The van der Waals surface area contributed by atoms with Crippen LogP contribution in [0.1, 0.15) is 18.4 Å². The van der Waals surface area contributed by atoms with Crippen molar-refractivity contribution in [1.29, 1.82) is 0 Å². The van der Waals surface area contributed by atoms with Crippen molar-refractivity contribution in [3.63, 3.8) is 0 Å². The molecule has 0 aliphatic carbocycles. The summed E-state index contributed by atoms with van der Waals surface area (Å²) >= 11 is 0. The minimum atomic E-state index is -0.291. The summed E-state index contributed by atoms with van der Waals surface area (Å²) in [7, 11) is 3.15. The molecule has 1 saturated heterocycles. The maximum absolute atomic E-state index is 12.3. The molecule has 0 spiro atoms. The highest BCUT2D eigenvalue weighted by Gasteiger charge is 2.24. The van der Waals surface area contributed by atoms with Crippen molar-refractivity contribution in [1.82, 2.24) is 4.98 Å². The van der Waals surface area contributed by atoms with Crippen molar-refractivity contribution in [2.24, 2.45) is 11.7 Å². The molecule has 0 radical (unpaired) electrons. The molecule has 1 aliphatic rings. The summed E-state index contributed by atoms with van der Waals surface area (Å²) in [6.07, 6.45) is 6.39. The van der Waals surface area contributed by atoms with E-state index in [4.69, 9.17) is 15.2 Å². The van der Waals surface area contributed by atoms with Crippen molar-refractivity contribution < 1.29 is 19.1 Å².